The number of carbonyl (C=O) groups is 1. The van der Waals surface area contributed by atoms with Crippen LogP contribution < -0.4 is 5.46 Å². The van der Waals surface area contributed by atoms with Crippen LogP contribution in [0.2, 0.25) is 0 Å². The summed E-state index contributed by atoms with van der Waals surface area (Å²) in [5.41, 5.74) is 1.41. The van der Waals surface area contributed by atoms with E-state index in [0.717, 1.165) is 5.56 Å². The van der Waals surface area contributed by atoms with Crippen LogP contribution in [0.15, 0.2) is 24.3 Å². The fourth-order valence-electron chi connectivity index (χ4n) is 1.34. The number of hydrogen-bond donors (Lipinski definition) is 2. The van der Waals surface area contributed by atoms with Gasteiger partial charge in [0.25, 0.3) is 0 Å². The van der Waals surface area contributed by atoms with Crippen LogP contribution in [0.3, 0.4) is 0 Å². The molecule has 0 aromatic heterocycles. The van der Waals surface area contributed by atoms with Crippen LogP contribution in [0.25, 0.3) is 0 Å². The molecule has 0 spiro atoms. The Hall–Kier alpha value is -1.33. The van der Waals surface area contributed by atoms with E-state index in [1.54, 1.807) is 31.2 Å². The van der Waals surface area contributed by atoms with Gasteiger partial charge in [-0.1, -0.05) is 24.3 Å². The zero-order valence-corrected chi connectivity index (χ0v) is 9.22. The van der Waals surface area contributed by atoms with Crippen molar-refractivity contribution in [1.29, 1.82) is 0 Å². The molecule has 1 rings (SSSR count). The number of benzene rings is 1. The molecule has 5 heteroatoms. The predicted molar refractivity (Wildman–Crippen MR) is 61.2 cm³/mol. The van der Waals surface area contributed by atoms with Gasteiger partial charge in [-0.05, 0) is 24.4 Å². The second-order valence-corrected chi connectivity index (χ2v) is 3.42. The molecule has 0 saturated heterocycles. The summed E-state index contributed by atoms with van der Waals surface area (Å²) in [7, 11) is -1.45. The second kappa shape index (κ2) is 6.30. The van der Waals surface area contributed by atoms with Gasteiger partial charge in [0.2, 0.25) is 0 Å². The van der Waals surface area contributed by atoms with E-state index >= 15 is 0 Å². The maximum absolute atomic E-state index is 11.1. The van der Waals surface area contributed by atoms with Crippen molar-refractivity contribution in [2.75, 3.05) is 6.61 Å². The molecule has 4 nitrogen and oxygen atoms in total. The van der Waals surface area contributed by atoms with Crippen molar-refractivity contribution < 1.29 is 19.6 Å². The topological polar surface area (TPSA) is 66.8 Å². The smallest absolute Gasteiger partial charge is 0.466 e. The third-order valence-corrected chi connectivity index (χ3v) is 2.20. The predicted octanol–water partition coefficient (Wildman–Crippen LogP) is -0.138. The molecule has 0 saturated carbocycles. The average Bonchev–Trinajstić information content (AvgIpc) is 2.27. The fraction of sp³-hybridized carbons (Fsp3) is 0.364. The molecular weight excluding hydrogens is 207 g/mol. The summed E-state index contributed by atoms with van der Waals surface area (Å²) < 4.78 is 4.81. The van der Waals surface area contributed by atoms with E-state index in [2.05, 4.69) is 0 Å². The second-order valence-electron chi connectivity index (χ2n) is 3.42. The normalized spacial score (nSPS) is 9.94. The van der Waals surface area contributed by atoms with Crippen molar-refractivity contribution in [2.24, 2.45) is 0 Å². The molecule has 0 amide bonds. The minimum absolute atomic E-state index is 0.214. The van der Waals surface area contributed by atoms with Crippen molar-refractivity contribution >= 4 is 18.6 Å². The Morgan fingerprint density at radius 2 is 1.94 bits per heavy atom. The molecule has 0 radical (unpaired) electrons. The summed E-state index contributed by atoms with van der Waals surface area (Å²) in [4.78, 5) is 11.1. The van der Waals surface area contributed by atoms with Crippen LogP contribution in [0.5, 0.6) is 0 Å². The third kappa shape index (κ3) is 4.04. The molecule has 0 atom stereocenters. The van der Waals surface area contributed by atoms with E-state index in [9.17, 15) is 4.79 Å². The Kier molecular flexibility index (Phi) is 5.02. The summed E-state index contributed by atoms with van der Waals surface area (Å²) in [6.45, 7) is 2.17. The van der Waals surface area contributed by atoms with E-state index in [1.165, 1.54) is 0 Å². The number of esters is 1. The minimum atomic E-state index is -1.45. The monoisotopic (exact) mass is 222 g/mol. The van der Waals surface area contributed by atoms with Crippen molar-refractivity contribution in [3.05, 3.63) is 29.8 Å². The van der Waals surface area contributed by atoms with E-state index in [0.29, 0.717) is 24.9 Å². The van der Waals surface area contributed by atoms with Crippen molar-refractivity contribution in [1.82, 2.24) is 0 Å². The van der Waals surface area contributed by atoms with Gasteiger partial charge in [-0.3, -0.25) is 4.79 Å². The van der Waals surface area contributed by atoms with Gasteiger partial charge in [-0.15, -0.1) is 0 Å². The Labute approximate surface area is 95.0 Å². The number of carbonyl (C=O) groups excluding carboxylic acids is 1. The van der Waals surface area contributed by atoms with Crippen LogP contribution in [0.1, 0.15) is 18.9 Å². The number of rotatable bonds is 5. The van der Waals surface area contributed by atoms with Gasteiger partial charge in [0.1, 0.15) is 0 Å². The van der Waals surface area contributed by atoms with E-state index in [-0.39, 0.29) is 5.97 Å². The lowest BCUT2D eigenvalue weighted by Gasteiger charge is -2.03. The molecule has 1 aromatic rings. The first-order valence-electron chi connectivity index (χ1n) is 5.24. The fourth-order valence-corrected chi connectivity index (χ4v) is 1.34. The van der Waals surface area contributed by atoms with Gasteiger partial charge < -0.3 is 14.8 Å². The first-order chi connectivity index (χ1) is 7.63. The van der Waals surface area contributed by atoms with Gasteiger partial charge in [0.05, 0.1) is 6.61 Å². The molecule has 2 N–H and O–H groups in total. The molecule has 0 heterocycles. The van der Waals surface area contributed by atoms with Crippen LogP contribution in [0.4, 0.5) is 0 Å². The largest absolute Gasteiger partial charge is 0.488 e. The van der Waals surface area contributed by atoms with E-state index in [1.807, 2.05) is 0 Å². The number of aryl methyl sites for hydroxylation is 1. The zero-order valence-electron chi connectivity index (χ0n) is 9.22. The van der Waals surface area contributed by atoms with Gasteiger partial charge in [-0.25, -0.2) is 0 Å². The van der Waals surface area contributed by atoms with Crippen molar-refractivity contribution in [2.45, 2.75) is 19.8 Å². The lowest BCUT2D eigenvalue weighted by atomic mass is 9.80. The molecule has 0 aliphatic rings. The quantitative estimate of drug-likeness (QED) is 0.537. The Morgan fingerprint density at radius 1 is 1.31 bits per heavy atom. The van der Waals surface area contributed by atoms with Crippen LogP contribution in [-0.2, 0) is 16.0 Å². The maximum Gasteiger partial charge on any atom is 0.488 e. The number of ether oxygens (including phenoxy) is 1. The molecule has 0 aliphatic heterocycles. The molecule has 0 aliphatic carbocycles. The first-order valence-corrected chi connectivity index (χ1v) is 5.24. The Balaban J connectivity index is 2.46. The zero-order chi connectivity index (χ0) is 12.0. The van der Waals surface area contributed by atoms with Crippen molar-refractivity contribution in [3.8, 4) is 0 Å². The maximum atomic E-state index is 11.1. The molecule has 0 fully saturated rings. The van der Waals surface area contributed by atoms with Gasteiger partial charge in [-0.2, -0.15) is 0 Å². The van der Waals surface area contributed by atoms with E-state index < -0.39 is 7.12 Å². The third-order valence-electron chi connectivity index (χ3n) is 2.20. The molecule has 1 aromatic carbocycles. The lowest BCUT2D eigenvalue weighted by Crippen LogP contribution is -2.29. The number of hydrogen-bond acceptors (Lipinski definition) is 4. The summed E-state index contributed by atoms with van der Waals surface area (Å²) in [5, 5.41) is 17.8. The Bertz CT molecular complexity index is 334. The van der Waals surface area contributed by atoms with Gasteiger partial charge >= 0.3 is 13.1 Å². The lowest BCUT2D eigenvalue weighted by molar-refractivity contribution is -0.143. The van der Waals surface area contributed by atoms with Crippen LogP contribution in [0, 0.1) is 0 Å². The highest BCUT2D eigenvalue weighted by molar-refractivity contribution is 6.58. The molecule has 86 valence electrons. The van der Waals surface area contributed by atoms with Gasteiger partial charge in [0.15, 0.2) is 0 Å². The van der Waals surface area contributed by atoms with Gasteiger partial charge in [0, 0.05) is 6.42 Å². The summed E-state index contributed by atoms with van der Waals surface area (Å²) in [6, 6.07) is 6.80. The van der Waals surface area contributed by atoms with Crippen LogP contribution in [-0.4, -0.2) is 29.7 Å². The summed E-state index contributed by atoms with van der Waals surface area (Å²) in [5.74, 6) is -0.214. The van der Waals surface area contributed by atoms with Crippen LogP contribution >= 0.6 is 0 Å². The summed E-state index contributed by atoms with van der Waals surface area (Å²) in [6.07, 6.45) is 0.940. The standard InChI is InChI=1S/C11H15BO4/c1-2-16-11(13)8-5-9-3-6-10(7-4-9)12(14)15/h3-4,6-7,14-15H,2,5,8H2,1H3. The Morgan fingerprint density at radius 3 is 2.44 bits per heavy atom. The van der Waals surface area contributed by atoms with Crippen molar-refractivity contribution in [3.63, 3.8) is 0 Å². The highest BCUT2D eigenvalue weighted by atomic mass is 16.5. The SMILES string of the molecule is CCOC(=O)CCc1ccc(B(O)O)cc1. The molecular formula is C11H15BO4. The highest BCUT2D eigenvalue weighted by Crippen LogP contribution is 2.02. The highest BCUT2D eigenvalue weighted by Gasteiger charge is 2.10. The molecule has 0 unspecified atom stereocenters. The minimum Gasteiger partial charge on any atom is -0.466 e. The first kappa shape index (κ1) is 12.7. The molecule has 16 heavy (non-hydrogen) atoms. The van der Waals surface area contributed by atoms with E-state index in [4.69, 9.17) is 14.8 Å². The average molecular weight is 222 g/mol. The molecule has 0 bridgehead atoms. The summed E-state index contributed by atoms with van der Waals surface area (Å²) >= 11 is 0.